The van der Waals surface area contributed by atoms with Crippen molar-refractivity contribution in [2.24, 2.45) is 0 Å². The van der Waals surface area contributed by atoms with Crippen molar-refractivity contribution in [1.29, 1.82) is 0 Å². The van der Waals surface area contributed by atoms with Gasteiger partial charge in [-0.1, -0.05) is 18.2 Å². The van der Waals surface area contributed by atoms with Gasteiger partial charge in [0.25, 0.3) is 29.5 Å². The zero-order valence-electron chi connectivity index (χ0n) is 66.3. The van der Waals surface area contributed by atoms with E-state index in [2.05, 4.69) is 61.5 Å². The van der Waals surface area contributed by atoms with Crippen molar-refractivity contribution in [1.82, 2.24) is 34.9 Å². The lowest BCUT2D eigenvalue weighted by atomic mass is 9.96. The Balaban J connectivity index is 0.000000201. The fourth-order valence-corrected chi connectivity index (χ4v) is 12.1. The lowest BCUT2D eigenvalue weighted by molar-refractivity contribution is -0.162. The molecule has 686 valence electrons. The third-order valence-corrected chi connectivity index (χ3v) is 18.4. The topological polar surface area (TPSA) is 422 Å². The standard InChI is InChI=1S/C19H14F6N2O3.C18H15F3N2O3.C16H10F6N2O3.C15H12F3N3O3.C14H10F3N3O3/c20-18(21,22)12-7-10(11(17(29)30)8-13(12)19(23,24)25)16(28)27-15-6-5-9-3-1-2-4-14(9)26-15;19-18(20,21)11-6-7-12(13(9-11)17(25)26)16(24)23-15-8-5-10-3-1-2-4-14(10)22-15;1-7-3-2-4-12(23-7)24-13(25)8-5-10(15(17,18)19)11(16(20,21)22)6-9(8)14(26)27;1-7-6-19-14(20-8(7)2)21-12(22)10-4-3-9(15(16,17)18)5-11(10)13(23)24;1-7-18-5-4-11(19-7)20-12(21)9-3-2-8(14(15,16)17)6-10(9)13(22)23/h5-8H,1-4H2,(H,29,30)(H,26,27,28);5-9H,1-4H2,(H,25,26)(H,22,23,24);2-6H,1H3,(H,26,27)(H,23,24,25);3-6H,1-2H3,(H,23,24)(H,19,20,21,22);2-6H,1H3,(H,22,23)(H,18,19,20,21). The first-order valence-corrected chi connectivity index (χ1v) is 36.7. The van der Waals surface area contributed by atoms with Crippen molar-refractivity contribution in [3.63, 3.8) is 0 Å². The predicted octanol–water partition coefficient (Wildman–Crippen LogP) is 19.1. The number of halogens is 21. The van der Waals surface area contributed by atoms with E-state index in [-0.39, 0.29) is 59.0 Å². The number of rotatable bonds is 15. The fraction of sp³-hybridized carbons (Fsp3) is 0.232. The lowest BCUT2D eigenvalue weighted by Crippen LogP contribution is -2.23. The zero-order chi connectivity index (χ0) is 97.0. The first-order valence-electron chi connectivity index (χ1n) is 36.7. The van der Waals surface area contributed by atoms with Gasteiger partial charge in [0.05, 0.1) is 94.6 Å². The molecule has 27 nitrogen and oxygen atoms in total. The molecule has 0 saturated carbocycles. The Bertz CT molecular complexity index is 6080. The molecule has 10 aromatic rings. The van der Waals surface area contributed by atoms with Crippen LogP contribution in [0.5, 0.6) is 0 Å². The number of amides is 5. The number of nitrogens with one attached hydrogen (secondary N) is 5. The number of carboxylic acid groups (broad SMARTS) is 5. The number of nitrogens with zero attached hydrogens (tertiary/aromatic N) is 7. The highest BCUT2D eigenvalue weighted by molar-refractivity contribution is 6.14. The molecule has 0 atom stereocenters. The van der Waals surface area contributed by atoms with Gasteiger partial charge in [0, 0.05) is 35.2 Å². The van der Waals surface area contributed by atoms with E-state index in [4.69, 9.17) is 20.4 Å². The molecule has 0 bridgehead atoms. The number of hydrogen-bond donors (Lipinski definition) is 10. The van der Waals surface area contributed by atoms with Gasteiger partial charge in [-0.2, -0.15) is 92.2 Å². The molecular formula is C82H61F21N12O15. The van der Waals surface area contributed by atoms with Crippen molar-refractivity contribution >= 4 is 88.6 Å². The maximum Gasteiger partial charge on any atom is 0.417 e. The summed E-state index contributed by atoms with van der Waals surface area (Å²) in [7, 11) is 0. The molecule has 12 rings (SSSR count). The maximum atomic E-state index is 13.2. The Hall–Kier alpha value is -15.1. The lowest BCUT2D eigenvalue weighted by Gasteiger charge is -2.19. The molecule has 0 radical (unpaired) electrons. The molecule has 0 saturated heterocycles. The maximum absolute atomic E-state index is 13.2. The summed E-state index contributed by atoms with van der Waals surface area (Å²) in [4.78, 5) is 146. The summed E-state index contributed by atoms with van der Waals surface area (Å²) in [6.45, 7) is 6.58. The molecular weight excluding hydrogens is 1790 g/mol. The normalized spacial score (nSPS) is 12.6. The Morgan fingerprint density at radius 2 is 0.608 bits per heavy atom. The number of carboxylic acids is 5. The van der Waals surface area contributed by atoms with Crippen LogP contribution < -0.4 is 26.6 Å². The van der Waals surface area contributed by atoms with Crippen LogP contribution in [0.1, 0.15) is 213 Å². The Morgan fingerprint density at radius 1 is 0.300 bits per heavy atom. The second-order valence-corrected chi connectivity index (χ2v) is 27.6. The van der Waals surface area contributed by atoms with Gasteiger partial charge in [0.1, 0.15) is 29.1 Å². The first kappa shape index (κ1) is 100. The van der Waals surface area contributed by atoms with Gasteiger partial charge in [-0.05, 0) is 205 Å². The minimum absolute atomic E-state index is 0.0366. The highest BCUT2D eigenvalue weighted by atomic mass is 19.4. The SMILES string of the molecule is Cc1cccc(NC(=O)c2cc(C(F)(F)F)c(C(F)(F)F)cc2C(=O)O)n1.Cc1cnc(NC(=O)c2ccc(C(F)(F)F)cc2C(=O)O)nc1C.Cc1nccc(NC(=O)c2ccc(C(F)(F)F)cc2C(=O)O)n1.O=C(O)c1cc(C(F)(F)F)c(C(F)(F)F)cc1C(=O)Nc1ccc2c(n1)CCCC2.O=C(O)c1cc(C(F)(F)F)ccc1C(=O)Nc1ccc2c(n1)CCCC2. The summed E-state index contributed by atoms with van der Waals surface area (Å²) in [6, 6.07) is 17.3. The number of aromatic nitrogens is 7. The summed E-state index contributed by atoms with van der Waals surface area (Å²) < 4.78 is 271. The van der Waals surface area contributed by atoms with E-state index >= 15 is 0 Å². The first-order chi connectivity index (χ1) is 60.2. The van der Waals surface area contributed by atoms with Crippen molar-refractivity contribution in [2.75, 3.05) is 26.6 Å². The summed E-state index contributed by atoms with van der Waals surface area (Å²) in [6.07, 6.45) is -26.1. The molecule has 5 heterocycles. The van der Waals surface area contributed by atoms with Crippen LogP contribution >= 0.6 is 0 Å². The summed E-state index contributed by atoms with van der Waals surface area (Å²) in [5, 5.41) is 56.8. The minimum atomic E-state index is -5.47. The number of fused-ring (bicyclic) bond motifs is 2. The number of aromatic carboxylic acids is 5. The smallest absolute Gasteiger partial charge is 0.417 e. The Kier molecular flexibility index (Phi) is 31.1. The van der Waals surface area contributed by atoms with Crippen LogP contribution in [0.15, 0.2) is 140 Å². The van der Waals surface area contributed by atoms with Crippen LogP contribution in [0.4, 0.5) is 121 Å². The van der Waals surface area contributed by atoms with E-state index in [0.29, 0.717) is 65.7 Å². The number of carbonyl (C=O) groups is 10. The van der Waals surface area contributed by atoms with Gasteiger partial charge in [-0.15, -0.1) is 0 Å². The summed E-state index contributed by atoms with van der Waals surface area (Å²) in [5.41, 5.74) is -14.6. The molecule has 2 aliphatic carbocycles. The second-order valence-electron chi connectivity index (χ2n) is 27.6. The summed E-state index contributed by atoms with van der Waals surface area (Å²) >= 11 is 0. The number of aryl methyl sites for hydroxylation is 8. The van der Waals surface area contributed by atoms with Crippen LogP contribution in [0.3, 0.4) is 0 Å². The van der Waals surface area contributed by atoms with E-state index in [1.54, 1.807) is 45.9 Å². The number of alkyl halides is 21. The van der Waals surface area contributed by atoms with Gasteiger partial charge in [0.15, 0.2) is 0 Å². The third kappa shape index (κ3) is 26.5. The van der Waals surface area contributed by atoms with Gasteiger partial charge < -0.3 is 46.8 Å². The Morgan fingerprint density at radius 3 is 0.923 bits per heavy atom. The molecule has 130 heavy (non-hydrogen) atoms. The van der Waals surface area contributed by atoms with Crippen molar-refractivity contribution in [2.45, 2.75) is 122 Å². The van der Waals surface area contributed by atoms with Gasteiger partial charge in [0.2, 0.25) is 5.95 Å². The molecule has 2 aliphatic rings. The third-order valence-electron chi connectivity index (χ3n) is 18.4. The van der Waals surface area contributed by atoms with Gasteiger partial charge in [-0.25, -0.2) is 58.9 Å². The number of anilines is 5. The molecule has 5 amide bonds. The van der Waals surface area contributed by atoms with E-state index < -0.39 is 192 Å². The van der Waals surface area contributed by atoms with E-state index in [9.17, 15) is 145 Å². The van der Waals surface area contributed by atoms with E-state index in [1.807, 2.05) is 6.07 Å². The van der Waals surface area contributed by atoms with Crippen molar-refractivity contribution in [3.8, 4) is 0 Å². The molecule has 10 N–H and O–H groups in total. The average Bonchev–Trinajstić information content (AvgIpc) is 0.766. The quantitative estimate of drug-likeness (QED) is 0.0426. The molecule has 5 aromatic heterocycles. The predicted molar refractivity (Wildman–Crippen MR) is 411 cm³/mol. The minimum Gasteiger partial charge on any atom is -0.478 e. The number of carbonyl (C=O) groups excluding carboxylic acids is 5. The highest BCUT2D eigenvalue weighted by Crippen LogP contribution is 2.45. The zero-order valence-corrected chi connectivity index (χ0v) is 66.3. The largest absolute Gasteiger partial charge is 0.478 e. The van der Waals surface area contributed by atoms with Gasteiger partial charge >= 0.3 is 73.1 Å². The van der Waals surface area contributed by atoms with Gasteiger partial charge in [-0.3, -0.25) is 29.3 Å². The number of hydrogen-bond acceptors (Lipinski definition) is 17. The van der Waals surface area contributed by atoms with Crippen molar-refractivity contribution in [3.05, 3.63) is 280 Å². The average molecular weight is 1850 g/mol. The number of pyridine rings is 3. The van der Waals surface area contributed by atoms with Crippen LogP contribution in [0, 0.1) is 27.7 Å². The van der Waals surface area contributed by atoms with Crippen LogP contribution in [-0.2, 0) is 68.9 Å². The van der Waals surface area contributed by atoms with Crippen molar-refractivity contribution < 1.29 is 166 Å². The second kappa shape index (κ2) is 40.3. The molecule has 0 fully saturated rings. The van der Waals surface area contributed by atoms with Crippen LogP contribution in [0.2, 0.25) is 0 Å². The van der Waals surface area contributed by atoms with E-state index in [0.717, 1.165) is 85.5 Å². The Labute approximate surface area is 715 Å². The van der Waals surface area contributed by atoms with Crippen LogP contribution in [0.25, 0.3) is 0 Å². The molecule has 48 heteroatoms. The fourth-order valence-electron chi connectivity index (χ4n) is 12.1. The summed E-state index contributed by atoms with van der Waals surface area (Å²) in [5.74, 6) is -13.6. The molecule has 5 aromatic carbocycles. The molecule has 0 aliphatic heterocycles. The monoisotopic (exact) mass is 1850 g/mol. The van der Waals surface area contributed by atoms with Crippen LogP contribution in [-0.4, -0.2) is 120 Å². The molecule has 0 unspecified atom stereocenters. The number of benzene rings is 5. The molecule has 0 spiro atoms. The van der Waals surface area contributed by atoms with E-state index in [1.165, 1.54) is 36.7 Å². The highest BCUT2D eigenvalue weighted by Gasteiger charge is 2.47.